The zero-order valence-electron chi connectivity index (χ0n) is 12.2. The van der Waals surface area contributed by atoms with Gasteiger partial charge in [-0.15, -0.1) is 0 Å². The predicted octanol–water partition coefficient (Wildman–Crippen LogP) is 0.688. The Bertz CT molecular complexity index is 670. The molecule has 6 nitrogen and oxygen atoms in total. The maximum atomic E-state index is 12.7. The highest BCUT2D eigenvalue weighted by atomic mass is 16.5. The Balaban J connectivity index is 2.24. The third-order valence-electron chi connectivity index (χ3n) is 4.34. The Morgan fingerprint density at radius 1 is 1.24 bits per heavy atom. The molecule has 1 saturated heterocycles. The summed E-state index contributed by atoms with van der Waals surface area (Å²) in [7, 11) is 3.14. The van der Waals surface area contributed by atoms with Crippen LogP contribution in [-0.2, 0) is 19.8 Å². The van der Waals surface area contributed by atoms with Crippen molar-refractivity contribution in [3.8, 4) is 5.75 Å². The lowest BCUT2D eigenvalue weighted by Gasteiger charge is -2.20. The number of ether oxygens (including phenoxy) is 1. The molecule has 21 heavy (non-hydrogen) atoms. The monoisotopic (exact) mass is 288 g/mol. The van der Waals surface area contributed by atoms with Gasteiger partial charge < -0.3 is 9.64 Å². The minimum absolute atomic E-state index is 0.108. The number of fused-ring (bicyclic) bond motifs is 2. The van der Waals surface area contributed by atoms with E-state index in [1.165, 1.54) is 12.0 Å². The summed E-state index contributed by atoms with van der Waals surface area (Å²) in [6.07, 6.45) is -0.108. The summed E-state index contributed by atoms with van der Waals surface area (Å²) in [5.74, 6) is -0.523. The van der Waals surface area contributed by atoms with Gasteiger partial charge in [-0.3, -0.25) is 19.3 Å². The molecule has 3 amide bonds. The van der Waals surface area contributed by atoms with E-state index in [4.69, 9.17) is 4.74 Å². The molecular formula is C15H16N2O4. The minimum atomic E-state index is -1.41. The number of rotatable bonds is 2. The fourth-order valence-corrected chi connectivity index (χ4v) is 3.23. The van der Waals surface area contributed by atoms with E-state index in [-0.39, 0.29) is 24.8 Å². The topological polar surface area (TPSA) is 66.9 Å². The van der Waals surface area contributed by atoms with Crippen molar-refractivity contribution in [1.82, 2.24) is 4.90 Å². The van der Waals surface area contributed by atoms with E-state index in [0.29, 0.717) is 17.0 Å². The highest BCUT2D eigenvalue weighted by Crippen LogP contribution is 2.48. The lowest BCUT2D eigenvalue weighted by atomic mass is 9.80. The van der Waals surface area contributed by atoms with Gasteiger partial charge in [-0.05, 0) is 25.1 Å². The highest BCUT2D eigenvalue weighted by Gasteiger charge is 2.62. The smallest absolute Gasteiger partial charge is 0.250 e. The van der Waals surface area contributed by atoms with Crippen LogP contribution in [-0.4, -0.2) is 43.3 Å². The molecule has 0 bridgehead atoms. The average molecular weight is 288 g/mol. The molecule has 3 rings (SSSR count). The molecule has 110 valence electrons. The largest absolute Gasteiger partial charge is 0.497 e. The van der Waals surface area contributed by atoms with Crippen LogP contribution in [0.5, 0.6) is 5.75 Å². The van der Waals surface area contributed by atoms with Gasteiger partial charge >= 0.3 is 0 Å². The molecule has 2 heterocycles. The number of hydrogen-bond acceptors (Lipinski definition) is 4. The van der Waals surface area contributed by atoms with Gasteiger partial charge in [-0.2, -0.15) is 0 Å². The van der Waals surface area contributed by atoms with Crippen molar-refractivity contribution < 1.29 is 19.1 Å². The number of benzene rings is 1. The SMILES string of the molecule is CCN1C(=O)CC2(C1=O)C(=O)N(C)c1ccc(OC)cc12. The van der Waals surface area contributed by atoms with E-state index in [1.807, 2.05) is 0 Å². The van der Waals surface area contributed by atoms with Crippen LogP contribution in [0.4, 0.5) is 5.69 Å². The van der Waals surface area contributed by atoms with Crippen LogP contribution in [0.1, 0.15) is 18.9 Å². The number of hydrogen-bond donors (Lipinski definition) is 0. The molecule has 1 aromatic carbocycles. The molecule has 1 unspecified atom stereocenters. The molecule has 1 fully saturated rings. The first-order chi connectivity index (χ1) is 9.97. The minimum Gasteiger partial charge on any atom is -0.497 e. The molecular weight excluding hydrogens is 272 g/mol. The van der Waals surface area contributed by atoms with Gasteiger partial charge in [-0.25, -0.2) is 0 Å². The van der Waals surface area contributed by atoms with Gasteiger partial charge in [0.2, 0.25) is 17.7 Å². The Morgan fingerprint density at radius 3 is 2.52 bits per heavy atom. The van der Waals surface area contributed by atoms with Crippen molar-refractivity contribution in [2.75, 3.05) is 25.6 Å². The second kappa shape index (κ2) is 4.31. The van der Waals surface area contributed by atoms with Gasteiger partial charge in [0.1, 0.15) is 5.75 Å². The number of carbonyl (C=O) groups is 3. The van der Waals surface area contributed by atoms with Gasteiger partial charge in [0.25, 0.3) is 0 Å². The molecule has 0 radical (unpaired) electrons. The third kappa shape index (κ3) is 1.50. The summed E-state index contributed by atoms with van der Waals surface area (Å²) in [6.45, 7) is 2.00. The van der Waals surface area contributed by atoms with Crippen molar-refractivity contribution in [1.29, 1.82) is 0 Å². The first-order valence-electron chi connectivity index (χ1n) is 6.78. The Kier molecular flexibility index (Phi) is 2.79. The van der Waals surface area contributed by atoms with Gasteiger partial charge in [0.05, 0.1) is 13.5 Å². The number of likely N-dealkylation sites (N-methyl/N-ethyl adjacent to an activating group) is 2. The number of carbonyl (C=O) groups excluding carboxylic acids is 3. The van der Waals surface area contributed by atoms with Crippen LogP contribution in [0.15, 0.2) is 18.2 Å². The van der Waals surface area contributed by atoms with E-state index < -0.39 is 11.3 Å². The summed E-state index contributed by atoms with van der Waals surface area (Å²) >= 11 is 0. The Morgan fingerprint density at radius 2 is 1.95 bits per heavy atom. The summed E-state index contributed by atoms with van der Waals surface area (Å²) < 4.78 is 5.19. The molecule has 0 saturated carbocycles. The number of likely N-dealkylation sites (tertiary alicyclic amines) is 1. The Labute approximate surface area is 122 Å². The van der Waals surface area contributed by atoms with Crippen LogP contribution in [0, 0.1) is 0 Å². The zero-order valence-corrected chi connectivity index (χ0v) is 12.2. The molecule has 0 N–H and O–H groups in total. The number of nitrogens with zero attached hydrogens (tertiary/aromatic N) is 2. The maximum absolute atomic E-state index is 12.7. The van der Waals surface area contributed by atoms with Crippen LogP contribution in [0.3, 0.4) is 0 Å². The molecule has 1 atom stereocenters. The van der Waals surface area contributed by atoms with E-state index in [0.717, 1.165) is 4.90 Å². The fraction of sp³-hybridized carbons (Fsp3) is 0.400. The zero-order chi connectivity index (χ0) is 15.4. The van der Waals surface area contributed by atoms with Crippen LogP contribution >= 0.6 is 0 Å². The molecule has 2 aliphatic rings. The first-order valence-corrected chi connectivity index (χ1v) is 6.78. The van der Waals surface area contributed by atoms with E-state index >= 15 is 0 Å². The van der Waals surface area contributed by atoms with Crippen LogP contribution < -0.4 is 9.64 Å². The molecule has 0 aromatic heterocycles. The third-order valence-corrected chi connectivity index (χ3v) is 4.34. The molecule has 1 spiro atoms. The second-order valence-electron chi connectivity index (χ2n) is 5.27. The van der Waals surface area contributed by atoms with Gasteiger partial charge in [-0.1, -0.05) is 0 Å². The summed E-state index contributed by atoms with van der Waals surface area (Å²) in [5.41, 5.74) is -0.199. The fourth-order valence-electron chi connectivity index (χ4n) is 3.23. The molecule has 2 aliphatic heterocycles. The van der Waals surface area contributed by atoms with E-state index in [9.17, 15) is 14.4 Å². The van der Waals surface area contributed by atoms with Crippen molar-refractivity contribution in [3.05, 3.63) is 23.8 Å². The Hall–Kier alpha value is -2.37. The summed E-state index contributed by atoms with van der Waals surface area (Å²) in [5, 5.41) is 0. The molecule has 6 heteroatoms. The summed E-state index contributed by atoms with van der Waals surface area (Å²) in [4.78, 5) is 40.1. The van der Waals surface area contributed by atoms with Crippen molar-refractivity contribution in [2.45, 2.75) is 18.8 Å². The number of amides is 3. The predicted molar refractivity (Wildman–Crippen MR) is 75.1 cm³/mol. The van der Waals surface area contributed by atoms with Crippen molar-refractivity contribution >= 4 is 23.4 Å². The maximum Gasteiger partial charge on any atom is 0.250 e. The number of anilines is 1. The normalized spacial score (nSPS) is 24.2. The van der Waals surface area contributed by atoms with Crippen LogP contribution in [0.2, 0.25) is 0 Å². The number of imide groups is 1. The van der Waals surface area contributed by atoms with E-state index in [1.54, 1.807) is 32.2 Å². The van der Waals surface area contributed by atoms with Gasteiger partial charge in [0, 0.05) is 24.8 Å². The van der Waals surface area contributed by atoms with E-state index in [2.05, 4.69) is 0 Å². The molecule has 1 aromatic rings. The van der Waals surface area contributed by atoms with Crippen molar-refractivity contribution in [3.63, 3.8) is 0 Å². The first kappa shape index (κ1) is 13.6. The number of methoxy groups -OCH3 is 1. The lowest BCUT2D eigenvalue weighted by molar-refractivity contribution is -0.141. The quantitative estimate of drug-likeness (QED) is 0.593. The summed E-state index contributed by atoms with van der Waals surface area (Å²) in [6, 6.07) is 5.16. The van der Waals surface area contributed by atoms with Crippen LogP contribution in [0.25, 0.3) is 0 Å². The van der Waals surface area contributed by atoms with Crippen molar-refractivity contribution in [2.24, 2.45) is 0 Å². The lowest BCUT2D eigenvalue weighted by Crippen LogP contribution is -2.45. The standard InChI is InChI=1S/C15H16N2O4/c1-4-17-12(18)8-15(14(17)20)10-7-9(21-3)5-6-11(10)16(2)13(15)19/h5-7H,4,8H2,1-3H3. The highest BCUT2D eigenvalue weighted by molar-refractivity contribution is 6.28. The second-order valence-corrected chi connectivity index (χ2v) is 5.27. The van der Waals surface area contributed by atoms with Gasteiger partial charge in [0.15, 0.2) is 5.41 Å². The average Bonchev–Trinajstić information content (AvgIpc) is 2.86. The molecule has 0 aliphatic carbocycles.